The first-order chi connectivity index (χ1) is 18.4. The number of likely N-dealkylation sites (tertiary alicyclic amines) is 1. The molecular weight excluding hydrogens is 502 g/mol. The predicted octanol–water partition coefficient (Wildman–Crippen LogP) is 5.23. The minimum absolute atomic E-state index is 0.188. The number of phenols is 1. The molecule has 2 aliphatic rings. The van der Waals surface area contributed by atoms with Gasteiger partial charge in [0, 0.05) is 42.2 Å². The van der Waals surface area contributed by atoms with E-state index in [0.717, 1.165) is 43.3 Å². The van der Waals surface area contributed by atoms with Crippen molar-refractivity contribution in [3.63, 3.8) is 0 Å². The second kappa shape index (κ2) is 11.1. The molecule has 38 heavy (non-hydrogen) atoms. The van der Waals surface area contributed by atoms with Crippen LogP contribution in [-0.2, 0) is 4.74 Å². The molecule has 1 amide bonds. The minimum atomic E-state index is -0.197. The van der Waals surface area contributed by atoms with Crippen molar-refractivity contribution in [1.82, 2.24) is 4.90 Å². The highest BCUT2D eigenvalue weighted by Crippen LogP contribution is 2.39. The maximum Gasteiger partial charge on any atom is 0.270 e. The highest BCUT2D eigenvalue weighted by atomic mass is 32.1. The predicted molar refractivity (Wildman–Crippen MR) is 151 cm³/mol. The lowest BCUT2D eigenvalue weighted by Crippen LogP contribution is -2.54. The van der Waals surface area contributed by atoms with Crippen molar-refractivity contribution in [2.24, 2.45) is 10.4 Å². The van der Waals surface area contributed by atoms with Crippen LogP contribution in [0.3, 0.4) is 0 Å². The Morgan fingerprint density at radius 1 is 1.21 bits per heavy atom. The quantitative estimate of drug-likeness (QED) is 0.378. The number of phenolic OH excluding ortho intramolecular Hbond substituents is 1. The molecule has 0 bridgehead atoms. The molecule has 0 atom stereocenters. The van der Waals surface area contributed by atoms with Crippen molar-refractivity contribution in [1.29, 1.82) is 0 Å². The molecule has 1 spiro atoms. The number of rotatable bonds is 9. The number of benzene rings is 2. The van der Waals surface area contributed by atoms with Gasteiger partial charge in [-0.2, -0.15) is 0 Å². The summed E-state index contributed by atoms with van der Waals surface area (Å²) in [6, 6.07) is 14.2. The third-order valence-corrected chi connectivity index (χ3v) is 8.45. The van der Waals surface area contributed by atoms with Gasteiger partial charge in [-0.05, 0) is 74.1 Å². The average molecular weight is 536 g/mol. The second-order valence-electron chi connectivity index (χ2n) is 9.95. The molecule has 1 aromatic heterocycles. The maximum atomic E-state index is 13.5. The van der Waals surface area contributed by atoms with E-state index in [2.05, 4.69) is 16.6 Å². The molecule has 5 rings (SSSR count). The number of aliphatic imine (C=N–C) groups is 1. The van der Waals surface area contributed by atoms with Gasteiger partial charge in [0.1, 0.15) is 17.2 Å². The number of hydrogen-bond donors (Lipinski definition) is 1. The van der Waals surface area contributed by atoms with Crippen molar-refractivity contribution in [3.8, 4) is 27.7 Å². The fourth-order valence-corrected chi connectivity index (χ4v) is 6.18. The molecule has 8 nitrogen and oxygen atoms in total. The molecule has 3 aromatic rings. The molecule has 9 heteroatoms. The van der Waals surface area contributed by atoms with E-state index in [9.17, 15) is 9.90 Å². The first kappa shape index (κ1) is 26.2. The number of hydrogen-bond acceptors (Lipinski definition) is 8. The van der Waals surface area contributed by atoms with Crippen LogP contribution in [-0.4, -0.2) is 76.2 Å². The van der Waals surface area contributed by atoms with Crippen LogP contribution in [0.2, 0.25) is 0 Å². The fourth-order valence-electron chi connectivity index (χ4n) is 5.09. The summed E-state index contributed by atoms with van der Waals surface area (Å²) >= 11 is 1.34. The molecule has 1 N–H and O–H groups in total. The van der Waals surface area contributed by atoms with Gasteiger partial charge in [-0.15, -0.1) is 11.3 Å². The highest BCUT2D eigenvalue weighted by molar-refractivity contribution is 7.18. The number of anilines is 1. The minimum Gasteiger partial charge on any atom is -0.508 e. The van der Waals surface area contributed by atoms with Gasteiger partial charge in [0.05, 0.1) is 26.0 Å². The third-order valence-electron chi connectivity index (χ3n) is 7.29. The first-order valence-electron chi connectivity index (χ1n) is 12.7. The van der Waals surface area contributed by atoms with E-state index >= 15 is 0 Å². The van der Waals surface area contributed by atoms with Gasteiger partial charge >= 0.3 is 0 Å². The zero-order valence-electron chi connectivity index (χ0n) is 21.8. The number of methoxy groups -OCH3 is 1. The van der Waals surface area contributed by atoms with Crippen molar-refractivity contribution in [2.45, 2.75) is 12.8 Å². The van der Waals surface area contributed by atoms with Gasteiger partial charge < -0.3 is 24.2 Å². The molecular formula is C29H33N3O5S. The summed E-state index contributed by atoms with van der Waals surface area (Å²) in [4.78, 5) is 22.9. The van der Waals surface area contributed by atoms with Gasteiger partial charge in [-0.1, -0.05) is 0 Å². The summed E-state index contributed by atoms with van der Waals surface area (Å²) in [6.07, 6.45) is 2.45. The van der Waals surface area contributed by atoms with Crippen LogP contribution in [0.4, 0.5) is 11.4 Å². The lowest BCUT2D eigenvalue weighted by Gasteiger charge is -2.48. The molecule has 2 saturated heterocycles. The Bertz CT molecular complexity index is 1300. The number of thiophene rings is 1. The van der Waals surface area contributed by atoms with Gasteiger partial charge in [0.15, 0.2) is 11.5 Å². The number of ether oxygens (including phenoxy) is 3. The zero-order valence-corrected chi connectivity index (χ0v) is 22.6. The Morgan fingerprint density at radius 3 is 2.68 bits per heavy atom. The molecule has 0 saturated carbocycles. The van der Waals surface area contributed by atoms with Crippen LogP contribution in [0.15, 0.2) is 53.5 Å². The lowest BCUT2D eigenvalue weighted by atomic mass is 9.78. The van der Waals surface area contributed by atoms with Crippen molar-refractivity contribution in [3.05, 3.63) is 53.4 Å². The highest BCUT2D eigenvalue weighted by Gasteiger charge is 2.41. The van der Waals surface area contributed by atoms with Crippen LogP contribution in [0.1, 0.15) is 22.5 Å². The van der Waals surface area contributed by atoms with E-state index in [0.29, 0.717) is 39.8 Å². The first-order valence-corrected chi connectivity index (χ1v) is 13.5. The Labute approximate surface area is 227 Å². The number of piperidine rings is 1. The molecule has 200 valence electrons. The van der Waals surface area contributed by atoms with Gasteiger partial charge in [-0.25, -0.2) is 0 Å². The largest absolute Gasteiger partial charge is 0.508 e. The summed E-state index contributed by atoms with van der Waals surface area (Å²) in [6.45, 7) is 8.96. The number of aromatic hydroxyl groups is 1. The third kappa shape index (κ3) is 5.41. The Hall–Kier alpha value is -3.40. The summed E-state index contributed by atoms with van der Waals surface area (Å²) in [5, 5.41) is 9.59. The van der Waals surface area contributed by atoms with Crippen LogP contribution in [0.25, 0.3) is 10.4 Å². The molecule has 2 fully saturated rings. The van der Waals surface area contributed by atoms with Crippen LogP contribution < -0.4 is 14.4 Å². The Kier molecular flexibility index (Phi) is 7.69. The molecule has 0 radical (unpaired) electrons. The van der Waals surface area contributed by atoms with E-state index in [-0.39, 0.29) is 11.7 Å². The normalized spacial score (nSPS) is 16.6. The van der Waals surface area contributed by atoms with E-state index < -0.39 is 0 Å². The van der Waals surface area contributed by atoms with E-state index in [1.807, 2.05) is 24.3 Å². The van der Waals surface area contributed by atoms with Crippen molar-refractivity contribution >= 4 is 35.3 Å². The number of amides is 1. The summed E-state index contributed by atoms with van der Waals surface area (Å²) < 4.78 is 17.2. The van der Waals surface area contributed by atoms with Crippen molar-refractivity contribution < 1.29 is 24.1 Å². The van der Waals surface area contributed by atoms with Crippen molar-refractivity contribution in [2.75, 3.05) is 58.5 Å². The standard InChI is InChI=1S/C29H33N3O5S/c1-30-23-16-26(20-5-8-22(33)9-6-20)38-27(23)28(34)31(2)21-7-10-24(25(15-21)35-3)37-14-13-32-12-4-11-29(17-32)18-36-19-29/h5-10,15-16,33H,1,4,11-14,17-19H2,2-3H3. The summed E-state index contributed by atoms with van der Waals surface area (Å²) in [7, 11) is 3.32. The molecule has 0 aliphatic carbocycles. The number of nitrogens with zero attached hydrogens (tertiary/aromatic N) is 3. The smallest absolute Gasteiger partial charge is 0.270 e. The van der Waals surface area contributed by atoms with Gasteiger partial charge in [0.25, 0.3) is 5.91 Å². The zero-order chi connectivity index (χ0) is 26.7. The topological polar surface area (TPSA) is 83.8 Å². The molecule has 3 heterocycles. The molecule has 2 aliphatic heterocycles. The summed E-state index contributed by atoms with van der Waals surface area (Å²) in [5.74, 6) is 1.21. The fraction of sp³-hybridized carbons (Fsp3) is 0.379. The molecule has 0 unspecified atom stereocenters. The van der Waals surface area contributed by atoms with E-state index in [1.54, 1.807) is 43.3 Å². The number of carbonyl (C=O) groups is 1. The Morgan fingerprint density at radius 2 is 2.00 bits per heavy atom. The van der Waals surface area contributed by atoms with Crippen LogP contribution in [0.5, 0.6) is 17.2 Å². The monoisotopic (exact) mass is 535 g/mol. The van der Waals surface area contributed by atoms with Gasteiger partial charge in [0.2, 0.25) is 0 Å². The molecule has 2 aromatic carbocycles. The van der Waals surface area contributed by atoms with Crippen LogP contribution in [0, 0.1) is 5.41 Å². The second-order valence-corrected chi connectivity index (χ2v) is 11.0. The average Bonchev–Trinajstić information content (AvgIpc) is 3.36. The van der Waals surface area contributed by atoms with Crippen LogP contribution >= 0.6 is 11.3 Å². The Balaban J connectivity index is 1.25. The maximum absolute atomic E-state index is 13.5. The lowest BCUT2D eigenvalue weighted by molar-refractivity contribution is -0.144. The summed E-state index contributed by atoms with van der Waals surface area (Å²) in [5.41, 5.74) is 2.44. The van der Waals surface area contributed by atoms with E-state index in [4.69, 9.17) is 14.2 Å². The number of carbonyl (C=O) groups excluding carboxylic acids is 1. The SMILES string of the molecule is C=Nc1cc(-c2ccc(O)cc2)sc1C(=O)N(C)c1ccc(OCCN2CCCC3(COC3)C2)c(OC)c1. The van der Waals surface area contributed by atoms with E-state index in [1.165, 1.54) is 24.2 Å². The van der Waals surface area contributed by atoms with Gasteiger partial charge in [-0.3, -0.25) is 14.7 Å².